The topological polar surface area (TPSA) is 66.4 Å². The van der Waals surface area contributed by atoms with Gasteiger partial charge in [0.05, 0.1) is 11.9 Å². The molecule has 5 heteroatoms. The Labute approximate surface area is 109 Å². The molecule has 1 aromatic carbocycles. The number of hydrogen-bond donors (Lipinski definition) is 2. The maximum Gasteiger partial charge on any atom is 0.216 e. The van der Waals surface area contributed by atoms with Crippen molar-refractivity contribution >= 4 is 10.0 Å². The summed E-state index contributed by atoms with van der Waals surface area (Å²) in [5.41, 5.74) is 1.19. The summed E-state index contributed by atoms with van der Waals surface area (Å²) in [5, 5.41) is 8.11. The lowest BCUT2D eigenvalue weighted by Crippen LogP contribution is -2.40. The van der Waals surface area contributed by atoms with Crippen molar-refractivity contribution in [3.8, 4) is 0 Å². The highest BCUT2D eigenvalue weighted by molar-refractivity contribution is 7.90. The largest absolute Gasteiger partial charge is 0.395 e. The Morgan fingerprint density at radius 1 is 1.22 bits per heavy atom. The first-order chi connectivity index (χ1) is 8.45. The molecule has 102 valence electrons. The summed E-state index contributed by atoms with van der Waals surface area (Å²) in [4.78, 5) is 0. The monoisotopic (exact) mass is 271 g/mol. The van der Waals surface area contributed by atoms with Crippen LogP contribution in [0.15, 0.2) is 30.3 Å². The fourth-order valence-electron chi connectivity index (χ4n) is 1.58. The van der Waals surface area contributed by atoms with E-state index in [2.05, 4.69) is 4.72 Å². The predicted molar refractivity (Wildman–Crippen MR) is 72.8 cm³/mol. The number of aliphatic hydroxyl groups is 1. The van der Waals surface area contributed by atoms with Crippen LogP contribution in [0.1, 0.15) is 25.8 Å². The van der Waals surface area contributed by atoms with Gasteiger partial charge in [-0.3, -0.25) is 0 Å². The van der Waals surface area contributed by atoms with Crippen LogP contribution in [0.5, 0.6) is 0 Å². The maximum atomic E-state index is 11.7. The van der Waals surface area contributed by atoms with Gasteiger partial charge in [0.1, 0.15) is 0 Å². The molecule has 0 heterocycles. The van der Waals surface area contributed by atoms with Crippen molar-refractivity contribution in [1.29, 1.82) is 0 Å². The average molecular weight is 271 g/mol. The number of rotatable bonds is 7. The van der Waals surface area contributed by atoms with E-state index in [0.29, 0.717) is 0 Å². The van der Waals surface area contributed by atoms with Gasteiger partial charge in [-0.15, -0.1) is 0 Å². The lowest BCUT2D eigenvalue weighted by molar-refractivity contribution is 0.294. The Balaban J connectivity index is 2.45. The minimum Gasteiger partial charge on any atom is -0.395 e. The molecule has 0 aliphatic heterocycles. The summed E-state index contributed by atoms with van der Waals surface area (Å²) in [5.74, 6) is 0. The standard InChI is InChI=1S/C13H21NO3S/c1-11(14-18(16,17)12(2)10-15)8-9-13-6-4-3-5-7-13/h3-7,11-12,14-15H,8-10H2,1-2H3. The highest BCUT2D eigenvalue weighted by Crippen LogP contribution is 2.07. The fourth-order valence-corrected chi connectivity index (χ4v) is 2.69. The molecule has 0 aliphatic carbocycles. The molecule has 2 unspecified atom stereocenters. The smallest absolute Gasteiger partial charge is 0.216 e. The first-order valence-electron chi connectivity index (χ1n) is 6.11. The van der Waals surface area contributed by atoms with E-state index in [-0.39, 0.29) is 12.6 Å². The van der Waals surface area contributed by atoms with Crippen LogP contribution in [0, 0.1) is 0 Å². The van der Waals surface area contributed by atoms with Gasteiger partial charge in [-0.05, 0) is 32.3 Å². The average Bonchev–Trinajstić information content (AvgIpc) is 2.36. The van der Waals surface area contributed by atoms with Gasteiger partial charge in [0, 0.05) is 6.04 Å². The molecule has 0 radical (unpaired) electrons. The number of benzene rings is 1. The summed E-state index contributed by atoms with van der Waals surface area (Å²) < 4.78 is 26.0. The molecule has 0 saturated heterocycles. The van der Waals surface area contributed by atoms with Gasteiger partial charge in [-0.1, -0.05) is 30.3 Å². The fraction of sp³-hybridized carbons (Fsp3) is 0.538. The third-order valence-corrected chi connectivity index (χ3v) is 4.80. The minimum absolute atomic E-state index is 0.135. The van der Waals surface area contributed by atoms with Crippen molar-refractivity contribution in [2.24, 2.45) is 0 Å². The molecule has 0 saturated carbocycles. The van der Waals surface area contributed by atoms with Crippen LogP contribution in [-0.2, 0) is 16.4 Å². The van der Waals surface area contributed by atoms with Crippen molar-refractivity contribution in [3.05, 3.63) is 35.9 Å². The van der Waals surface area contributed by atoms with Crippen LogP contribution in [0.25, 0.3) is 0 Å². The third kappa shape index (κ3) is 4.76. The van der Waals surface area contributed by atoms with Crippen molar-refractivity contribution in [2.45, 2.75) is 38.0 Å². The SMILES string of the molecule is CC(CCc1ccccc1)NS(=O)(=O)C(C)CO. The van der Waals surface area contributed by atoms with E-state index in [0.717, 1.165) is 12.8 Å². The molecule has 0 bridgehead atoms. The number of hydrogen-bond acceptors (Lipinski definition) is 3. The van der Waals surface area contributed by atoms with Crippen LogP contribution < -0.4 is 4.72 Å². The van der Waals surface area contributed by atoms with E-state index in [9.17, 15) is 8.42 Å². The van der Waals surface area contributed by atoms with Gasteiger partial charge in [0.25, 0.3) is 0 Å². The number of aliphatic hydroxyl groups excluding tert-OH is 1. The summed E-state index contributed by atoms with van der Waals surface area (Å²) in [7, 11) is -3.41. The molecule has 1 aromatic rings. The van der Waals surface area contributed by atoms with E-state index in [1.165, 1.54) is 12.5 Å². The second kappa shape index (κ2) is 6.87. The molecule has 0 fully saturated rings. The van der Waals surface area contributed by atoms with Gasteiger partial charge in [0.2, 0.25) is 10.0 Å². The maximum absolute atomic E-state index is 11.7. The summed E-state index contributed by atoms with van der Waals surface area (Å²) in [6.07, 6.45) is 1.57. The lowest BCUT2D eigenvalue weighted by Gasteiger charge is -2.17. The molecule has 2 N–H and O–H groups in total. The molecule has 0 amide bonds. The van der Waals surface area contributed by atoms with Crippen molar-refractivity contribution in [1.82, 2.24) is 4.72 Å². The van der Waals surface area contributed by atoms with E-state index < -0.39 is 15.3 Å². The zero-order chi connectivity index (χ0) is 13.6. The zero-order valence-electron chi connectivity index (χ0n) is 10.8. The Hall–Kier alpha value is -0.910. The van der Waals surface area contributed by atoms with E-state index in [1.54, 1.807) is 0 Å². The van der Waals surface area contributed by atoms with Crippen molar-refractivity contribution in [2.75, 3.05) is 6.61 Å². The molecule has 18 heavy (non-hydrogen) atoms. The molecular formula is C13H21NO3S. The predicted octanol–water partition coefficient (Wildman–Crippen LogP) is 1.31. The Morgan fingerprint density at radius 2 is 1.83 bits per heavy atom. The Bertz CT molecular complexity index is 445. The first-order valence-corrected chi connectivity index (χ1v) is 7.66. The number of nitrogens with one attached hydrogen (secondary N) is 1. The Kier molecular flexibility index (Phi) is 5.78. The highest BCUT2D eigenvalue weighted by atomic mass is 32.2. The van der Waals surface area contributed by atoms with Crippen molar-refractivity contribution < 1.29 is 13.5 Å². The molecule has 0 aliphatic rings. The summed E-state index contributed by atoms with van der Waals surface area (Å²) >= 11 is 0. The molecule has 1 rings (SSSR count). The summed E-state index contributed by atoms with van der Waals surface area (Å²) in [6.45, 7) is 2.97. The number of sulfonamides is 1. The van der Waals surface area contributed by atoms with Gasteiger partial charge in [0.15, 0.2) is 0 Å². The van der Waals surface area contributed by atoms with Crippen LogP contribution in [0.3, 0.4) is 0 Å². The van der Waals surface area contributed by atoms with Crippen LogP contribution in [0.2, 0.25) is 0 Å². The summed E-state index contributed by atoms with van der Waals surface area (Å²) in [6, 6.07) is 9.81. The van der Waals surface area contributed by atoms with E-state index in [1.807, 2.05) is 37.3 Å². The van der Waals surface area contributed by atoms with Crippen LogP contribution in [-0.4, -0.2) is 31.4 Å². The van der Waals surface area contributed by atoms with E-state index >= 15 is 0 Å². The van der Waals surface area contributed by atoms with Gasteiger partial charge < -0.3 is 5.11 Å². The van der Waals surface area contributed by atoms with Gasteiger partial charge in [-0.25, -0.2) is 13.1 Å². The van der Waals surface area contributed by atoms with E-state index in [4.69, 9.17) is 5.11 Å². The van der Waals surface area contributed by atoms with Crippen LogP contribution >= 0.6 is 0 Å². The van der Waals surface area contributed by atoms with Crippen molar-refractivity contribution in [3.63, 3.8) is 0 Å². The highest BCUT2D eigenvalue weighted by Gasteiger charge is 2.21. The van der Waals surface area contributed by atoms with Gasteiger partial charge >= 0.3 is 0 Å². The zero-order valence-corrected chi connectivity index (χ0v) is 11.7. The second-order valence-electron chi connectivity index (χ2n) is 4.58. The lowest BCUT2D eigenvalue weighted by atomic mass is 10.1. The third-order valence-electron chi connectivity index (χ3n) is 2.86. The van der Waals surface area contributed by atoms with Crippen LogP contribution in [0.4, 0.5) is 0 Å². The minimum atomic E-state index is -3.41. The molecule has 0 aromatic heterocycles. The molecule has 4 nitrogen and oxygen atoms in total. The normalized spacial score (nSPS) is 15.3. The number of aryl methyl sites for hydroxylation is 1. The molecule has 2 atom stereocenters. The van der Waals surface area contributed by atoms with Gasteiger partial charge in [-0.2, -0.15) is 0 Å². The quantitative estimate of drug-likeness (QED) is 0.785. The Morgan fingerprint density at radius 3 is 2.39 bits per heavy atom. The molecule has 0 spiro atoms. The first kappa shape index (κ1) is 15.1. The molecular weight excluding hydrogens is 250 g/mol. The second-order valence-corrected chi connectivity index (χ2v) is 6.71.